The summed E-state index contributed by atoms with van der Waals surface area (Å²) in [7, 11) is 1.67. The second-order valence-electron chi connectivity index (χ2n) is 4.86. The fourth-order valence-electron chi connectivity index (χ4n) is 1.72. The van der Waals surface area contributed by atoms with Crippen molar-refractivity contribution in [3.8, 4) is 11.5 Å². The highest BCUT2D eigenvalue weighted by Gasteiger charge is 2.04. The van der Waals surface area contributed by atoms with Gasteiger partial charge in [0.1, 0.15) is 6.61 Å². The Morgan fingerprint density at radius 1 is 1.26 bits per heavy atom. The summed E-state index contributed by atoms with van der Waals surface area (Å²) in [6, 6.07) is 5.97. The Morgan fingerprint density at radius 3 is 2.68 bits per heavy atom. The highest BCUT2D eigenvalue weighted by Crippen LogP contribution is 2.28. The third-order valence-corrected chi connectivity index (χ3v) is 2.64. The summed E-state index contributed by atoms with van der Waals surface area (Å²) in [5, 5.41) is 3.35. The van der Waals surface area contributed by atoms with Crippen molar-refractivity contribution in [2.24, 2.45) is 5.92 Å². The Labute approximate surface area is 116 Å². The zero-order chi connectivity index (χ0) is 14.1. The van der Waals surface area contributed by atoms with E-state index in [1.807, 2.05) is 37.3 Å². The molecule has 3 nitrogen and oxygen atoms in total. The quantitative estimate of drug-likeness (QED) is 0.730. The highest BCUT2D eigenvalue weighted by molar-refractivity contribution is 5.55. The largest absolute Gasteiger partial charge is 0.493 e. The van der Waals surface area contributed by atoms with Gasteiger partial charge in [0.05, 0.1) is 7.11 Å². The summed E-state index contributed by atoms with van der Waals surface area (Å²) in [6.07, 6.45) is 4.04. The number of hydrogen-bond donors (Lipinski definition) is 1. The summed E-state index contributed by atoms with van der Waals surface area (Å²) in [5.41, 5.74) is 1.12. The van der Waals surface area contributed by atoms with E-state index in [-0.39, 0.29) is 0 Å². The van der Waals surface area contributed by atoms with E-state index in [1.54, 1.807) is 7.11 Å². The highest BCUT2D eigenvalue weighted by atomic mass is 16.5. The van der Waals surface area contributed by atoms with Gasteiger partial charge in [-0.25, -0.2) is 0 Å². The van der Waals surface area contributed by atoms with E-state index in [2.05, 4.69) is 19.2 Å². The Kier molecular flexibility index (Phi) is 7.04. The molecule has 0 bridgehead atoms. The van der Waals surface area contributed by atoms with E-state index in [1.165, 1.54) is 0 Å². The molecule has 1 aromatic rings. The fourth-order valence-corrected chi connectivity index (χ4v) is 1.72. The molecule has 1 N–H and O–H groups in total. The molecule has 0 unspecified atom stereocenters. The lowest BCUT2D eigenvalue weighted by molar-refractivity contribution is 0.290. The standard InChI is InChI=1S/C16H25NO2/c1-5-6-14-7-8-15(16(11-14)18-4)19-10-9-17-12-13(2)3/h5-8,11,13,17H,9-10,12H2,1-4H3. The van der Waals surface area contributed by atoms with Crippen molar-refractivity contribution in [2.45, 2.75) is 20.8 Å². The zero-order valence-electron chi connectivity index (χ0n) is 12.4. The molecule has 0 spiro atoms. The number of methoxy groups -OCH3 is 1. The van der Waals surface area contributed by atoms with E-state index in [0.29, 0.717) is 12.5 Å². The van der Waals surface area contributed by atoms with Gasteiger partial charge in [-0.1, -0.05) is 32.1 Å². The number of allylic oxidation sites excluding steroid dienone is 1. The molecule has 0 aliphatic rings. The van der Waals surface area contributed by atoms with E-state index in [4.69, 9.17) is 9.47 Å². The molecule has 3 heteroatoms. The van der Waals surface area contributed by atoms with Crippen molar-refractivity contribution in [2.75, 3.05) is 26.8 Å². The van der Waals surface area contributed by atoms with Gasteiger partial charge >= 0.3 is 0 Å². The second-order valence-corrected chi connectivity index (χ2v) is 4.86. The van der Waals surface area contributed by atoms with Gasteiger partial charge in [-0.3, -0.25) is 0 Å². The van der Waals surface area contributed by atoms with Gasteiger partial charge in [0.15, 0.2) is 11.5 Å². The number of rotatable bonds is 8. The van der Waals surface area contributed by atoms with Crippen molar-refractivity contribution < 1.29 is 9.47 Å². The maximum absolute atomic E-state index is 5.73. The summed E-state index contributed by atoms with van der Waals surface area (Å²) in [4.78, 5) is 0. The van der Waals surface area contributed by atoms with Crippen LogP contribution in [0.2, 0.25) is 0 Å². The SMILES string of the molecule is CC=Cc1ccc(OCCNCC(C)C)c(OC)c1. The smallest absolute Gasteiger partial charge is 0.161 e. The van der Waals surface area contributed by atoms with Gasteiger partial charge in [0.2, 0.25) is 0 Å². The Balaban J connectivity index is 2.49. The van der Waals surface area contributed by atoms with Crippen LogP contribution in [0, 0.1) is 5.92 Å². The monoisotopic (exact) mass is 263 g/mol. The minimum atomic E-state index is 0.645. The fraction of sp³-hybridized carbons (Fsp3) is 0.500. The normalized spacial score (nSPS) is 11.2. The van der Waals surface area contributed by atoms with Crippen LogP contribution in [-0.2, 0) is 0 Å². The molecular formula is C16H25NO2. The van der Waals surface area contributed by atoms with Gasteiger partial charge < -0.3 is 14.8 Å². The summed E-state index contributed by atoms with van der Waals surface area (Å²) < 4.78 is 11.1. The number of benzene rings is 1. The minimum Gasteiger partial charge on any atom is -0.493 e. The van der Waals surface area contributed by atoms with Gasteiger partial charge in [-0.15, -0.1) is 0 Å². The molecule has 0 aliphatic heterocycles. The van der Waals surface area contributed by atoms with Crippen LogP contribution in [0.5, 0.6) is 11.5 Å². The molecule has 106 valence electrons. The molecule has 0 heterocycles. The predicted octanol–water partition coefficient (Wildman–Crippen LogP) is 3.35. The lowest BCUT2D eigenvalue weighted by Gasteiger charge is -2.12. The molecule has 0 aromatic heterocycles. The molecule has 1 aromatic carbocycles. The molecule has 0 fully saturated rings. The first-order valence-corrected chi connectivity index (χ1v) is 6.81. The van der Waals surface area contributed by atoms with Crippen molar-refractivity contribution in [1.29, 1.82) is 0 Å². The molecule has 0 saturated carbocycles. The third kappa shape index (κ3) is 5.79. The first-order chi connectivity index (χ1) is 9.17. The van der Waals surface area contributed by atoms with Crippen LogP contribution >= 0.6 is 0 Å². The Hall–Kier alpha value is -1.48. The third-order valence-electron chi connectivity index (χ3n) is 2.64. The van der Waals surface area contributed by atoms with Crippen LogP contribution in [-0.4, -0.2) is 26.8 Å². The maximum Gasteiger partial charge on any atom is 0.161 e. The molecule has 0 amide bonds. The van der Waals surface area contributed by atoms with Crippen LogP contribution in [0.25, 0.3) is 6.08 Å². The van der Waals surface area contributed by atoms with Crippen LogP contribution in [0.15, 0.2) is 24.3 Å². The van der Waals surface area contributed by atoms with Crippen molar-refractivity contribution in [3.05, 3.63) is 29.8 Å². The van der Waals surface area contributed by atoms with Gasteiger partial charge in [0, 0.05) is 6.54 Å². The molecular weight excluding hydrogens is 238 g/mol. The second kappa shape index (κ2) is 8.59. The first-order valence-electron chi connectivity index (χ1n) is 6.81. The summed E-state index contributed by atoms with van der Waals surface area (Å²) in [6.45, 7) is 8.88. The van der Waals surface area contributed by atoms with Gasteiger partial charge in [0.25, 0.3) is 0 Å². The topological polar surface area (TPSA) is 30.5 Å². The van der Waals surface area contributed by atoms with Crippen molar-refractivity contribution >= 4 is 6.08 Å². The lowest BCUT2D eigenvalue weighted by Crippen LogP contribution is -2.25. The van der Waals surface area contributed by atoms with Crippen LogP contribution in [0.4, 0.5) is 0 Å². The average molecular weight is 263 g/mol. The van der Waals surface area contributed by atoms with E-state index >= 15 is 0 Å². The van der Waals surface area contributed by atoms with Crippen LogP contribution < -0.4 is 14.8 Å². The van der Waals surface area contributed by atoms with Crippen LogP contribution in [0.1, 0.15) is 26.3 Å². The minimum absolute atomic E-state index is 0.645. The average Bonchev–Trinajstić information content (AvgIpc) is 2.39. The molecule has 1 rings (SSSR count). The van der Waals surface area contributed by atoms with E-state index in [9.17, 15) is 0 Å². The zero-order valence-corrected chi connectivity index (χ0v) is 12.4. The summed E-state index contributed by atoms with van der Waals surface area (Å²) in [5.74, 6) is 2.23. The van der Waals surface area contributed by atoms with E-state index < -0.39 is 0 Å². The molecule has 0 radical (unpaired) electrons. The van der Waals surface area contributed by atoms with Gasteiger partial charge in [-0.2, -0.15) is 0 Å². The van der Waals surface area contributed by atoms with Gasteiger partial charge in [-0.05, 0) is 37.1 Å². The molecule has 0 saturated heterocycles. The van der Waals surface area contributed by atoms with Crippen LogP contribution in [0.3, 0.4) is 0 Å². The first kappa shape index (κ1) is 15.6. The number of nitrogens with one attached hydrogen (secondary N) is 1. The molecule has 0 aliphatic carbocycles. The van der Waals surface area contributed by atoms with Crippen molar-refractivity contribution in [3.63, 3.8) is 0 Å². The number of hydrogen-bond acceptors (Lipinski definition) is 3. The number of ether oxygens (including phenoxy) is 2. The molecule has 19 heavy (non-hydrogen) atoms. The Bertz CT molecular complexity index is 400. The van der Waals surface area contributed by atoms with E-state index in [0.717, 1.165) is 30.2 Å². The summed E-state index contributed by atoms with van der Waals surface area (Å²) >= 11 is 0. The Morgan fingerprint density at radius 2 is 2.05 bits per heavy atom. The van der Waals surface area contributed by atoms with Crippen molar-refractivity contribution in [1.82, 2.24) is 5.32 Å². The maximum atomic E-state index is 5.73. The lowest BCUT2D eigenvalue weighted by atomic mass is 10.2. The molecule has 0 atom stereocenters. The predicted molar refractivity (Wildman–Crippen MR) is 80.9 cm³/mol.